The number of rotatable bonds is 5. The highest BCUT2D eigenvalue weighted by atomic mass is 79.9. The monoisotopic (exact) mass is 405 g/mol. The van der Waals surface area contributed by atoms with E-state index in [1.54, 1.807) is 0 Å². The number of anilines is 1. The van der Waals surface area contributed by atoms with E-state index in [4.69, 9.17) is 4.74 Å². The predicted octanol–water partition coefficient (Wildman–Crippen LogP) is 6.31. The van der Waals surface area contributed by atoms with Gasteiger partial charge >= 0.3 is 0 Å². The van der Waals surface area contributed by atoms with Crippen molar-refractivity contribution in [1.82, 2.24) is 0 Å². The van der Waals surface area contributed by atoms with Gasteiger partial charge in [-0.25, -0.2) is 0 Å². The maximum atomic E-state index is 6.32. The third kappa shape index (κ3) is 3.74. The second-order valence-corrected chi connectivity index (χ2v) is 6.90. The first kappa shape index (κ1) is 17.1. The summed E-state index contributed by atoms with van der Waals surface area (Å²) >= 11 is 3.55. The van der Waals surface area contributed by atoms with Crippen LogP contribution in [0.15, 0.2) is 84.9 Å². The molecule has 0 saturated heterocycles. The van der Waals surface area contributed by atoms with Gasteiger partial charge in [-0.15, -0.1) is 0 Å². The quantitative estimate of drug-likeness (QED) is 0.502. The van der Waals surface area contributed by atoms with E-state index in [2.05, 4.69) is 81.9 Å². The number of nitrogens with one attached hydrogen (secondary N) is 1. The van der Waals surface area contributed by atoms with Crippen molar-refractivity contribution in [3.63, 3.8) is 0 Å². The van der Waals surface area contributed by atoms with Crippen LogP contribution in [-0.2, 0) is 16.7 Å². The minimum Gasteiger partial charge on any atom is -0.365 e. The number of hydrogen-bond donors (Lipinski definition) is 1. The largest absolute Gasteiger partial charge is 0.365 e. The van der Waals surface area contributed by atoms with Crippen molar-refractivity contribution in [3.8, 4) is 0 Å². The molecule has 3 aromatic rings. The molecule has 0 amide bonds. The molecule has 130 valence electrons. The molecule has 1 atom stereocenters. The highest BCUT2D eigenvalue weighted by Crippen LogP contribution is 2.37. The summed E-state index contributed by atoms with van der Waals surface area (Å²) in [7, 11) is 0. The molecule has 26 heavy (non-hydrogen) atoms. The smallest absolute Gasteiger partial charge is 0.105 e. The summed E-state index contributed by atoms with van der Waals surface area (Å²) in [4.78, 5) is 0. The fourth-order valence-electron chi connectivity index (χ4n) is 3.16. The fourth-order valence-corrected chi connectivity index (χ4v) is 3.51. The number of hydrogen-bond acceptors (Lipinski definition) is 2. The van der Waals surface area contributed by atoms with Gasteiger partial charge in [0.25, 0.3) is 0 Å². The van der Waals surface area contributed by atoms with E-state index < -0.39 is 0 Å². The van der Waals surface area contributed by atoms with Gasteiger partial charge in [0, 0.05) is 22.3 Å². The van der Waals surface area contributed by atoms with Crippen LogP contribution >= 0.6 is 15.9 Å². The molecule has 0 saturated carbocycles. The average Bonchev–Trinajstić information content (AvgIpc) is 2.73. The molecular weight excluding hydrogens is 386 g/mol. The van der Waals surface area contributed by atoms with Crippen LogP contribution in [0.2, 0.25) is 0 Å². The van der Waals surface area contributed by atoms with Crippen molar-refractivity contribution in [1.29, 1.82) is 0 Å². The first-order chi connectivity index (χ1) is 12.8. The third-order valence-corrected chi connectivity index (χ3v) is 5.17. The SMILES string of the molecule is BrCc1ccc2c(c1)C(OCc1ccccc1)C=C(c1ccccc1)N2. The van der Waals surface area contributed by atoms with Crippen LogP contribution in [0.25, 0.3) is 5.70 Å². The van der Waals surface area contributed by atoms with Crippen LogP contribution in [0.3, 0.4) is 0 Å². The summed E-state index contributed by atoms with van der Waals surface area (Å²) in [6, 6.07) is 27.2. The molecule has 0 aromatic heterocycles. The summed E-state index contributed by atoms with van der Waals surface area (Å²) in [5.74, 6) is 0. The molecule has 3 heteroatoms. The predicted molar refractivity (Wildman–Crippen MR) is 111 cm³/mol. The van der Waals surface area contributed by atoms with Gasteiger partial charge in [0.2, 0.25) is 0 Å². The van der Waals surface area contributed by atoms with Crippen molar-refractivity contribution >= 4 is 27.3 Å². The summed E-state index contributed by atoms with van der Waals surface area (Å²) in [5, 5.41) is 4.39. The van der Waals surface area contributed by atoms with Crippen LogP contribution in [0.1, 0.15) is 28.4 Å². The Kier molecular flexibility index (Phi) is 5.19. The molecule has 4 rings (SSSR count). The van der Waals surface area contributed by atoms with E-state index >= 15 is 0 Å². The average molecular weight is 406 g/mol. The molecule has 1 aliphatic heterocycles. The van der Waals surface area contributed by atoms with Crippen LogP contribution in [-0.4, -0.2) is 0 Å². The normalized spacial score (nSPS) is 15.7. The molecule has 2 nitrogen and oxygen atoms in total. The first-order valence-electron chi connectivity index (χ1n) is 8.72. The zero-order valence-electron chi connectivity index (χ0n) is 14.4. The number of ether oxygens (including phenoxy) is 1. The van der Waals surface area contributed by atoms with Crippen molar-refractivity contribution in [2.45, 2.75) is 18.0 Å². The van der Waals surface area contributed by atoms with Gasteiger partial charge in [-0.3, -0.25) is 0 Å². The lowest BCUT2D eigenvalue weighted by molar-refractivity contribution is 0.0719. The van der Waals surface area contributed by atoms with Gasteiger partial charge in [-0.2, -0.15) is 0 Å². The molecule has 1 unspecified atom stereocenters. The molecule has 0 aliphatic carbocycles. The lowest BCUT2D eigenvalue weighted by atomic mass is 9.97. The molecule has 1 aliphatic rings. The number of alkyl halides is 1. The van der Waals surface area contributed by atoms with E-state index in [9.17, 15) is 0 Å². The molecular formula is C23H20BrNO. The Morgan fingerprint density at radius 1 is 0.846 bits per heavy atom. The standard InChI is InChI=1S/C23H20BrNO/c24-15-18-11-12-21-20(13-18)23(26-16-17-7-3-1-4-8-17)14-22(25-21)19-9-5-2-6-10-19/h1-14,23,25H,15-16H2. The van der Waals surface area contributed by atoms with E-state index in [-0.39, 0.29) is 6.10 Å². The Balaban J connectivity index is 1.66. The third-order valence-electron chi connectivity index (χ3n) is 4.52. The van der Waals surface area contributed by atoms with Gasteiger partial charge in [0.1, 0.15) is 6.10 Å². The summed E-state index contributed by atoms with van der Waals surface area (Å²) in [6.07, 6.45) is 2.10. The van der Waals surface area contributed by atoms with Gasteiger partial charge in [0.05, 0.1) is 6.61 Å². The summed E-state index contributed by atoms with van der Waals surface area (Å²) in [6.45, 7) is 0.585. The topological polar surface area (TPSA) is 21.3 Å². The minimum absolute atomic E-state index is 0.0827. The highest BCUT2D eigenvalue weighted by molar-refractivity contribution is 9.08. The van der Waals surface area contributed by atoms with Crippen LogP contribution in [0.5, 0.6) is 0 Å². The van der Waals surface area contributed by atoms with Gasteiger partial charge < -0.3 is 10.1 Å². The maximum Gasteiger partial charge on any atom is 0.105 e. The molecule has 3 aromatic carbocycles. The van der Waals surface area contributed by atoms with Gasteiger partial charge in [0.15, 0.2) is 0 Å². The number of fused-ring (bicyclic) bond motifs is 1. The number of halogens is 1. The minimum atomic E-state index is -0.0827. The van der Waals surface area contributed by atoms with Crippen LogP contribution in [0.4, 0.5) is 5.69 Å². The summed E-state index contributed by atoms with van der Waals surface area (Å²) < 4.78 is 6.32. The Morgan fingerprint density at radius 3 is 2.31 bits per heavy atom. The molecule has 1 N–H and O–H groups in total. The highest BCUT2D eigenvalue weighted by Gasteiger charge is 2.22. The fraction of sp³-hybridized carbons (Fsp3) is 0.130. The van der Waals surface area contributed by atoms with Crippen molar-refractivity contribution in [3.05, 3.63) is 107 Å². The summed E-state index contributed by atoms with van der Waals surface area (Å²) in [5.41, 5.74) is 6.96. The van der Waals surface area contributed by atoms with E-state index in [1.165, 1.54) is 16.7 Å². The first-order valence-corrected chi connectivity index (χ1v) is 9.84. The van der Waals surface area contributed by atoms with Crippen molar-refractivity contribution in [2.24, 2.45) is 0 Å². The molecule has 0 radical (unpaired) electrons. The van der Waals surface area contributed by atoms with Crippen molar-refractivity contribution < 1.29 is 4.74 Å². The Bertz CT molecular complexity index is 906. The van der Waals surface area contributed by atoms with E-state index in [1.807, 2.05) is 24.3 Å². The number of benzene rings is 3. The van der Waals surface area contributed by atoms with Gasteiger partial charge in [-0.05, 0) is 34.9 Å². The molecule has 0 bridgehead atoms. The van der Waals surface area contributed by atoms with Crippen LogP contribution in [0, 0.1) is 0 Å². The molecule has 1 heterocycles. The second kappa shape index (κ2) is 7.90. The second-order valence-electron chi connectivity index (χ2n) is 6.34. The Labute approximate surface area is 162 Å². The Morgan fingerprint density at radius 2 is 1.58 bits per heavy atom. The molecule has 0 fully saturated rings. The van der Waals surface area contributed by atoms with Crippen LogP contribution < -0.4 is 5.32 Å². The lowest BCUT2D eigenvalue weighted by Gasteiger charge is -2.27. The molecule has 0 spiro atoms. The zero-order chi connectivity index (χ0) is 17.8. The van der Waals surface area contributed by atoms with E-state index in [0.717, 1.165) is 22.3 Å². The maximum absolute atomic E-state index is 6.32. The lowest BCUT2D eigenvalue weighted by Crippen LogP contribution is -2.14. The van der Waals surface area contributed by atoms with Gasteiger partial charge in [-0.1, -0.05) is 82.7 Å². The zero-order valence-corrected chi connectivity index (χ0v) is 15.9. The Hall–Kier alpha value is -2.36. The van der Waals surface area contributed by atoms with E-state index in [0.29, 0.717) is 6.61 Å². The van der Waals surface area contributed by atoms with Crippen molar-refractivity contribution in [2.75, 3.05) is 5.32 Å².